The number of benzene rings is 1. The average Bonchev–Trinajstić information content (AvgIpc) is 3.12. The Bertz CT molecular complexity index is 1040. The molecule has 0 unspecified atom stereocenters. The zero-order valence-electron chi connectivity index (χ0n) is 14.3. The van der Waals surface area contributed by atoms with E-state index in [1.807, 2.05) is 0 Å². The fraction of sp³-hybridized carbons (Fsp3) is 0.412. The van der Waals surface area contributed by atoms with Gasteiger partial charge in [-0.15, -0.1) is 0 Å². The summed E-state index contributed by atoms with van der Waals surface area (Å²) >= 11 is 0. The molecule has 4 rings (SSSR count). The van der Waals surface area contributed by atoms with Crippen molar-refractivity contribution in [1.82, 2.24) is 9.78 Å². The monoisotopic (exact) mass is 377 g/mol. The van der Waals surface area contributed by atoms with Crippen molar-refractivity contribution >= 4 is 21.7 Å². The van der Waals surface area contributed by atoms with Crippen LogP contribution >= 0.6 is 0 Å². The summed E-state index contributed by atoms with van der Waals surface area (Å²) in [6.45, 7) is 2.78. The second-order valence-corrected chi connectivity index (χ2v) is 8.70. The SMILES string of the molecule is Cc1[nH]n([C@H]2CCS(=O)(=O)C2)c(=O)c1C=Nc1ccc2c(c1)OCCO2. The third kappa shape index (κ3) is 3.14. The maximum absolute atomic E-state index is 12.6. The zero-order valence-corrected chi connectivity index (χ0v) is 15.1. The topological polar surface area (TPSA) is 103 Å². The average molecular weight is 377 g/mol. The van der Waals surface area contributed by atoms with Crippen LogP contribution in [0.25, 0.3) is 0 Å². The van der Waals surface area contributed by atoms with Crippen molar-refractivity contribution < 1.29 is 17.9 Å². The molecule has 0 bridgehead atoms. The van der Waals surface area contributed by atoms with Crippen LogP contribution in [0.3, 0.4) is 0 Å². The summed E-state index contributed by atoms with van der Waals surface area (Å²) in [5.41, 5.74) is 1.46. The molecule has 0 radical (unpaired) electrons. The quantitative estimate of drug-likeness (QED) is 0.814. The lowest BCUT2D eigenvalue weighted by Crippen LogP contribution is -2.25. The van der Waals surface area contributed by atoms with Crippen LogP contribution in [0, 0.1) is 6.92 Å². The van der Waals surface area contributed by atoms with E-state index in [0.717, 1.165) is 0 Å². The Morgan fingerprint density at radius 2 is 2.04 bits per heavy atom. The van der Waals surface area contributed by atoms with Gasteiger partial charge in [-0.05, 0) is 25.5 Å². The summed E-state index contributed by atoms with van der Waals surface area (Å²) in [5.74, 6) is 1.41. The van der Waals surface area contributed by atoms with Gasteiger partial charge in [-0.25, -0.2) is 13.1 Å². The molecule has 1 saturated heterocycles. The number of ether oxygens (including phenoxy) is 2. The van der Waals surface area contributed by atoms with Gasteiger partial charge in [-0.1, -0.05) is 0 Å². The van der Waals surface area contributed by atoms with Gasteiger partial charge < -0.3 is 9.47 Å². The van der Waals surface area contributed by atoms with Crippen molar-refractivity contribution in [2.24, 2.45) is 4.99 Å². The van der Waals surface area contributed by atoms with Crippen LogP contribution in [-0.4, -0.2) is 49.1 Å². The Hall–Kier alpha value is -2.55. The first kappa shape index (κ1) is 16.9. The molecule has 3 heterocycles. The van der Waals surface area contributed by atoms with Crippen LogP contribution in [0.1, 0.15) is 23.7 Å². The molecule has 0 aliphatic carbocycles. The molecule has 2 aromatic rings. The zero-order chi connectivity index (χ0) is 18.3. The Morgan fingerprint density at radius 3 is 2.77 bits per heavy atom. The fourth-order valence-corrected chi connectivity index (χ4v) is 4.92. The Balaban J connectivity index is 1.61. The summed E-state index contributed by atoms with van der Waals surface area (Å²) in [6.07, 6.45) is 1.94. The highest BCUT2D eigenvalue weighted by atomic mass is 32.2. The Kier molecular flexibility index (Phi) is 4.10. The molecule has 9 heteroatoms. The van der Waals surface area contributed by atoms with Gasteiger partial charge in [0.15, 0.2) is 21.3 Å². The number of nitrogens with zero attached hydrogens (tertiary/aromatic N) is 2. The van der Waals surface area contributed by atoms with E-state index in [4.69, 9.17) is 9.47 Å². The third-order valence-electron chi connectivity index (χ3n) is 4.58. The minimum atomic E-state index is -3.07. The molecule has 2 aliphatic rings. The number of sulfone groups is 1. The molecule has 0 saturated carbocycles. The Morgan fingerprint density at radius 1 is 1.27 bits per heavy atom. The lowest BCUT2D eigenvalue weighted by molar-refractivity contribution is 0.171. The lowest BCUT2D eigenvalue weighted by atomic mass is 10.2. The second-order valence-electron chi connectivity index (χ2n) is 6.47. The maximum Gasteiger partial charge on any atom is 0.275 e. The minimum absolute atomic E-state index is 0.00833. The highest BCUT2D eigenvalue weighted by molar-refractivity contribution is 7.91. The molecule has 0 amide bonds. The molecule has 1 N–H and O–H groups in total. The van der Waals surface area contributed by atoms with Crippen molar-refractivity contribution in [2.75, 3.05) is 24.7 Å². The van der Waals surface area contributed by atoms with Gasteiger partial charge in [0.25, 0.3) is 5.56 Å². The van der Waals surface area contributed by atoms with Gasteiger partial charge >= 0.3 is 0 Å². The summed E-state index contributed by atoms with van der Waals surface area (Å²) in [4.78, 5) is 17.0. The third-order valence-corrected chi connectivity index (χ3v) is 6.33. The smallest absolute Gasteiger partial charge is 0.275 e. The van der Waals surface area contributed by atoms with Crippen LogP contribution in [-0.2, 0) is 9.84 Å². The van der Waals surface area contributed by atoms with Crippen molar-refractivity contribution in [1.29, 1.82) is 0 Å². The summed E-state index contributed by atoms with van der Waals surface area (Å²) in [5, 5.41) is 2.98. The number of aromatic amines is 1. The standard InChI is InChI=1S/C17H19N3O5S/c1-11-14(17(21)20(19-11)13-4-7-26(22,23)10-13)9-18-12-2-3-15-16(8-12)25-6-5-24-15/h2-3,8-9,13,19H,4-7,10H2,1H3/t13-/m0/s1. The Labute approximate surface area is 150 Å². The summed E-state index contributed by atoms with van der Waals surface area (Å²) in [6, 6.07) is 4.98. The molecule has 26 heavy (non-hydrogen) atoms. The summed E-state index contributed by atoms with van der Waals surface area (Å²) in [7, 11) is -3.07. The number of aryl methyl sites for hydroxylation is 1. The summed E-state index contributed by atoms with van der Waals surface area (Å²) < 4.78 is 35.7. The van der Waals surface area contributed by atoms with E-state index in [1.54, 1.807) is 25.1 Å². The first-order valence-corrected chi connectivity index (χ1v) is 10.2. The molecule has 1 aromatic carbocycles. The number of aromatic nitrogens is 2. The minimum Gasteiger partial charge on any atom is -0.486 e. The number of rotatable bonds is 3. The molecular formula is C17H19N3O5S. The van der Waals surface area contributed by atoms with Gasteiger partial charge in [0.2, 0.25) is 0 Å². The number of nitrogens with one attached hydrogen (secondary N) is 1. The van der Waals surface area contributed by atoms with Crippen LogP contribution in [0.2, 0.25) is 0 Å². The molecule has 1 fully saturated rings. The van der Waals surface area contributed by atoms with E-state index in [1.165, 1.54) is 10.9 Å². The van der Waals surface area contributed by atoms with Crippen molar-refractivity contribution in [3.05, 3.63) is 39.8 Å². The van der Waals surface area contributed by atoms with Crippen LogP contribution in [0.4, 0.5) is 5.69 Å². The molecular weight excluding hydrogens is 358 g/mol. The van der Waals surface area contributed by atoms with E-state index in [9.17, 15) is 13.2 Å². The predicted octanol–water partition coefficient (Wildman–Crippen LogP) is 1.37. The number of aliphatic imine (C=N–C) groups is 1. The van der Waals surface area contributed by atoms with Gasteiger partial charge in [-0.3, -0.25) is 14.9 Å². The van der Waals surface area contributed by atoms with Crippen LogP contribution in [0.5, 0.6) is 11.5 Å². The number of fused-ring (bicyclic) bond motifs is 1. The molecule has 1 atom stereocenters. The van der Waals surface area contributed by atoms with Crippen molar-refractivity contribution in [3.63, 3.8) is 0 Å². The first-order chi connectivity index (χ1) is 12.4. The van der Waals surface area contributed by atoms with E-state index in [0.29, 0.717) is 48.1 Å². The van der Waals surface area contributed by atoms with Crippen molar-refractivity contribution in [3.8, 4) is 11.5 Å². The number of hydrogen-bond donors (Lipinski definition) is 1. The largest absolute Gasteiger partial charge is 0.486 e. The van der Waals surface area contributed by atoms with Gasteiger partial charge in [0.05, 0.1) is 28.8 Å². The predicted molar refractivity (Wildman–Crippen MR) is 96.8 cm³/mol. The molecule has 138 valence electrons. The molecule has 1 aromatic heterocycles. The number of hydrogen-bond acceptors (Lipinski definition) is 6. The van der Waals surface area contributed by atoms with Crippen LogP contribution < -0.4 is 15.0 Å². The van der Waals surface area contributed by atoms with E-state index in [-0.39, 0.29) is 23.1 Å². The fourth-order valence-electron chi connectivity index (χ4n) is 3.22. The van der Waals surface area contributed by atoms with Crippen LogP contribution in [0.15, 0.2) is 28.0 Å². The maximum atomic E-state index is 12.6. The first-order valence-electron chi connectivity index (χ1n) is 8.38. The highest BCUT2D eigenvalue weighted by Crippen LogP contribution is 2.33. The van der Waals surface area contributed by atoms with E-state index in [2.05, 4.69) is 10.1 Å². The van der Waals surface area contributed by atoms with Gasteiger partial charge in [-0.2, -0.15) is 0 Å². The van der Waals surface area contributed by atoms with Crippen molar-refractivity contribution in [2.45, 2.75) is 19.4 Å². The second kappa shape index (κ2) is 6.31. The lowest BCUT2D eigenvalue weighted by Gasteiger charge is -2.18. The normalized spacial score (nSPS) is 21.3. The molecule has 8 nitrogen and oxygen atoms in total. The number of H-pyrrole nitrogens is 1. The van der Waals surface area contributed by atoms with E-state index >= 15 is 0 Å². The van der Waals surface area contributed by atoms with E-state index < -0.39 is 9.84 Å². The van der Waals surface area contributed by atoms with Gasteiger partial charge in [0, 0.05) is 18.0 Å². The molecule has 0 spiro atoms. The molecule has 2 aliphatic heterocycles. The van der Waals surface area contributed by atoms with Gasteiger partial charge in [0.1, 0.15) is 13.2 Å². The highest BCUT2D eigenvalue weighted by Gasteiger charge is 2.31.